The number of hydrogen-bond acceptors (Lipinski definition) is 2. The SMILES string of the molecule is O=C(OC1=CCC([S+](c2ccccc2)c2ccccc2)C=C1)c1ccc(C(F)(F)F)cc1. The van der Waals surface area contributed by atoms with E-state index in [0.717, 1.165) is 24.3 Å². The van der Waals surface area contributed by atoms with Gasteiger partial charge in [-0.2, -0.15) is 13.2 Å². The predicted octanol–water partition coefficient (Wildman–Crippen LogP) is 6.81. The average Bonchev–Trinajstić information content (AvgIpc) is 2.81. The molecule has 6 heteroatoms. The number of alkyl halides is 3. The fourth-order valence-corrected chi connectivity index (χ4v) is 5.81. The highest BCUT2D eigenvalue weighted by molar-refractivity contribution is 7.97. The van der Waals surface area contributed by atoms with Crippen LogP contribution < -0.4 is 0 Å². The Morgan fingerprint density at radius 3 is 1.88 bits per heavy atom. The minimum atomic E-state index is -4.44. The molecule has 1 aliphatic rings. The first kappa shape index (κ1) is 22.0. The van der Waals surface area contributed by atoms with Crippen molar-refractivity contribution in [1.82, 2.24) is 0 Å². The molecule has 1 aliphatic carbocycles. The Balaban J connectivity index is 1.47. The molecule has 32 heavy (non-hydrogen) atoms. The average molecular weight is 454 g/mol. The van der Waals surface area contributed by atoms with Crippen LogP contribution in [-0.2, 0) is 21.8 Å². The van der Waals surface area contributed by atoms with Crippen molar-refractivity contribution in [3.63, 3.8) is 0 Å². The Morgan fingerprint density at radius 1 is 0.844 bits per heavy atom. The molecule has 0 aliphatic heterocycles. The van der Waals surface area contributed by atoms with Crippen LogP contribution >= 0.6 is 0 Å². The van der Waals surface area contributed by atoms with Crippen LogP contribution in [0.15, 0.2) is 119 Å². The topological polar surface area (TPSA) is 26.3 Å². The summed E-state index contributed by atoms with van der Waals surface area (Å²) in [5, 5.41) is 0.202. The number of allylic oxidation sites excluding steroid dienone is 2. The van der Waals surface area contributed by atoms with Crippen molar-refractivity contribution >= 4 is 16.9 Å². The summed E-state index contributed by atoms with van der Waals surface area (Å²) >= 11 is 0. The van der Waals surface area contributed by atoms with Gasteiger partial charge in [-0.1, -0.05) is 36.4 Å². The molecule has 0 spiro atoms. The van der Waals surface area contributed by atoms with Gasteiger partial charge in [0, 0.05) is 6.42 Å². The first-order chi connectivity index (χ1) is 15.4. The molecule has 0 radical (unpaired) electrons. The quantitative estimate of drug-likeness (QED) is 0.313. The summed E-state index contributed by atoms with van der Waals surface area (Å²) in [6.07, 6.45) is 1.90. The van der Waals surface area contributed by atoms with E-state index < -0.39 is 17.7 Å². The highest BCUT2D eigenvalue weighted by Crippen LogP contribution is 2.33. The molecule has 3 aromatic carbocycles. The number of esters is 1. The van der Waals surface area contributed by atoms with Crippen molar-refractivity contribution in [2.24, 2.45) is 0 Å². The lowest BCUT2D eigenvalue weighted by molar-refractivity contribution is -0.137. The van der Waals surface area contributed by atoms with Crippen molar-refractivity contribution in [2.45, 2.75) is 27.6 Å². The number of carbonyl (C=O) groups is 1. The molecule has 0 N–H and O–H groups in total. The highest BCUT2D eigenvalue weighted by atomic mass is 32.2. The van der Waals surface area contributed by atoms with Crippen molar-refractivity contribution < 1.29 is 22.7 Å². The van der Waals surface area contributed by atoms with E-state index in [1.54, 1.807) is 6.08 Å². The van der Waals surface area contributed by atoms with Gasteiger partial charge in [-0.05, 0) is 66.8 Å². The lowest BCUT2D eigenvalue weighted by Gasteiger charge is -2.18. The maximum absolute atomic E-state index is 12.7. The van der Waals surface area contributed by atoms with Crippen molar-refractivity contribution in [2.75, 3.05) is 0 Å². The highest BCUT2D eigenvalue weighted by Gasteiger charge is 2.34. The number of rotatable bonds is 5. The van der Waals surface area contributed by atoms with E-state index in [1.165, 1.54) is 9.79 Å². The summed E-state index contributed by atoms with van der Waals surface area (Å²) < 4.78 is 43.5. The van der Waals surface area contributed by atoms with Crippen LogP contribution in [0, 0.1) is 0 Å². The fraction of sp³-hybridized carbons (Fsp3) is 0.115. The minimum Gasteiger partial charge on any atom is -0.423 e. The third-order valence-corrected chi connectivity index (χ3v) is 7.50. The molecule has 0 bridgehead atoms. The largest absolute Gasteiger partial charge is 0.423 e. The molecule has 162 valence electrons. The molecule has 0 fully saturated rings. The second-order valence-electron chi connectivity index (χ2n) is 7.17. The van der Waals surface area contributed by atoms with Crippen LogP contribution in [0.25, 0.3) is 0 Å². The van der Waals surface area contributed by atoms with Crippen molar-refractivity contribution in [3.05, 3.63) is 120 Å². The minimum absolute atomic E-state index is 0.0720. The Bertz CT molecular complexity index is 1080. The molecule has 0 aromatic heterocycles. The van der Waals surface area contributed by atoms with Crippen LogP contribution in [0.1, 0.15) is 22.3 Å². The summed E-state index contributed by atoms with van der Waals surface area (Å²) in [6, 6.07) is 24.6. The Kier molecular flexibility index (Phi) is 6.51. The van der Waals surface area contributed by atoms with Gasteiger partial charge in [0.05, 0.1) is 22.0 Å². The summed E-state index contributed by atoms with van der Waals surface area (Å²) in [5.41, 5.74) is -0.731. The van der Waals surface area contributed by atoms with Crippen LogP contribution in [0.4, 0.5) is 13.2 Å². The second kappa shape index (κ2) is 9.49. The van der Waals surface area contributed by atoms with Gasteiger partial charge in [-0.15, -0.1) is 0 Å². The van der Waals surface area contributed by atoms with E-state index in [0.29, 0.717) is 12.2 Å². The number of benzene rings is 3. The number of hydrogen-bond donors (Lipinski definition) is 0. The normalized spacial score (nSPS) is 16.0. The maximum Gasteiger partial charge on any atom is 0.416 e. The third-order valence-electron chi connectivity index (χ3n) is 4.98. The smallest absolute Gasteiger partial charge is 0.416 e. The second-order valence-corrected chi connectivity index (χ2v) is 9.39. The van der Waals surface area contributed by atoms with Gasteiger partial charge in [-0.25, -0.2) is 4.79 Å². The first-order valence-corrected chi connectivity index (χ1v) is 11.3. The molecule has 0 heterocycles. The summed E-state index contributed by atoms with van der Waals surface area (Å²) in [7, 11) is -0.191. The summed E-state index contributed by atoms with van der Waals surface area (Å²) in [5.74, 6) is -0.283. The standard InChI is InChI=1S/C26H20F3O2S/c27-26(28,29)20-13-11-19(12-14-20)25(30)31-21-15-17-24(18-16-21)32(22-7-3-1-4-8-22)23-9-5-2-6-10-23/h1-17,24H,18H2/q+1. The lowest BCUT2D eigenvalue weighted by Crippen LogP contribution is -2.22. The number of carbonyl (C=O) groups excluding carboxylic acids is 1. The van der Waals surface area contributed by atoms with E-state index in [4.69, 9.17) is 4.74 Å². The number of ether oxygens (including phenoxy) is 1. The zero-order chi connectivity index (χ0) is 22.6. The van der Waals surface area contributed by atoms with Gasteiger partial charge in [0.25, 0.3) is 0 Å². The van der Waals surface area contributed by atoms with Gasteiger partial charge in [0.2, 0.25) is 0 Å². The number of halogens is 3. The molecular formula is C26H20F3O2S+. The molecule has 3 aromatic rings. The molecule has 1 unspecified atom stereocenters. The predicted molar refractivity (Wildman–Crippen MR) is 119 cm³/mol. The van der Waals surface area contributed by atoms with E-state index in [1.807, 2.05) is 48.6 Å². The summed E-state index contributed by atoms with van der Waals surface area (Å²) in [4.78, 5) is 14.8. The molecule has 4 rings (SSSR count). The molecule has 0 amide bonds. The van der Waals surface area contributed by atoms with Crippen molar-refractivity contribution in [3.8, 4) is 0 Å². The lowest BCUT2D eigenvalue weighted by atomic mass is 10.1. The molecule has 2 nitrogen and oxygen atoms in total. The fourth-order valence-electron chi connectivity index (χ4n) is 3.41. The van der Waals surface area contributed by atoms with E-state index in [9.17, 15) is 18.0 Å². The summed E-state index contributed by atoms with van der Waals surface area (Å²) in [6.45, 7) is 0. The van der Waals surface area contributed by atoms with E-state index >= 15 is 0 Å². The van der Waals surface area contributed by atoms with Gasteiger partial charge < -0.3 is 4.74 Å². The van der Waals surface area contributed by atoms with Crippen molar-refractivity contribution in [1.29, 1.82) is 0 Å². The third kappa shape index (κ3) is 5.14. The zero-order valence-corrected chi connectivity index (χ0v) is 17.8. The van der Waals surface area contributed by atoms with E-state index in [-0.39, 0.29) is 21.7 Å². The molecular weight excluding hydrogens is 433 g/mol. The first-order valence-electron chi connectivity index (χ1n) is 10.0. The van der Waals surface area contributed by atoms with Crippen LogP contribution in [0.3, 0.4) is 0 Å². The molecule has 0 saturated heterocycles. The molecule has 1 atom stereocenters. The zero-order valence-electron chi connectivity index (χ0n) is 17.0. The van der Waals surface area contributed by atoms with Gasteiger partial charge >= 0.3 is 12.1 Å². The Hall–Kier alpha value is -3.25. The Morgan fingerprint density at radius 2 is 1.41 bits per heavy atom. The van der Waals surface area contributed by atoms with Gasteiger partial charge in [-0.3, -0.25) is 0 Å². The van der Waals surface area contributed by atoms with Gasteiger partial charge in [0.1, 0.15) is 5.76 Å². The van der Waals surface area contributed by atoms with Gasteiger partial charge in [0.15, 0.2) is 15.0 Å². The van der Waals surface area contributed by atoms with E-state index in [2.05, 4.69) is 24.3 Å². The van der Waals surface area contributed by atoms with Crippen LogP contribution in [0.2, 0.25) is 0 Å². The maximum atomic E-state index is 12.7. The Labute approximate surface area is 187 Å². The molecule has 0 saturated carbocycles. The van der Waals surface area contributed by atoms with Crippen LogP contribution in [0.5, 0.6) is 0 Å². The van der Waals surface area contributed by atoms with Crippen LogP contribution in [-0.4, -0.2) is 11.2 Å². The monoisotopic (exact) mass is 453 g/mol.